The number of fused-ring (bicyclic) bond motifs is 1. The molecule has 2 atom stereocenters. The molecule has 0 saturated carbocycles. The van der Waals surface area contributed by atoms with Crippen LogP contribution in [0.1, 0.15) is 34.8 Å². The number of aliphatic hydroxyl groups is 1. The first kappa shape index (κ1) is 19.5. The van der Waals surface area contributed by atoms with Crippen molar-refractivity contribution in [3.8, 4) is 5.75 Å². The quantitative estimate of drug-likeness (QED) is 0.617. The van der Waals surface area contributed by atoms with Crippen LogP contribution in [0.3, 0.4) is 0 Å². The van der Waals surface area contributed by atoms with Crippen molar-refractivity contribution in [1.29, 1.82) is 0 Å². The van der Waals surface area contributed by atoms with Crippen molar-refractivity contribution in [2.75, 3.05) is 12.8 Å². The molecule has 0 saturated heterocycles. The maximum atomic E-state index is 11.1. The standard InChI is InChI=1S/C25H28N2O2/c1-27(16-18-8-4-2-5-9-18)22-14-12-20-21(25(22)28)13-15-23(24(20)26)29-17-19-10-6-3-7-11-19/h2-11,13,15,22,25,28H,12,14,16-17,26H2,1H3/t22-,25-/m0/s1. The minimum Gasteiger partial charge on any atom is -0.487 e. The molecule has 4 heteroatoms. The van der Waals surface area contributed by atoms with Crippen LogP contribution < -0.4 is 10.5 Å². The number of aliphatic hydroxyl groups excluding tert-OH is 1. The minimum absolute atomic E-state index is 0.0678. The fourth-order valence-electron chi connectivity index (χ4n) is 4.18. The Morgan fingerprint density at radius 3 is 2.31 bits per heavy atom. The first-order chi connectivity index (χ1) is 14.1. The summed E-state index contributed by atoms with van der Waals surface area (Å²) in [5, 5.41) is 11.1. The molecule has 0 aliphatic heterocycles. The Hall–Kier alpha value is -2.82. The summed E-state index contributed by atoms with van der Waals surface area (Å²) in [7, 11) is 2.08. The number of benzene rings is 3. The summed E-state index contributed by atoms with van der Waals surface area (Å²) in [4.78, 5) is 2.24. The number of hydrogen-bond donors (Lipinski definition) is 2. The lowest BCUT2D eigenvalue weighted by molar-refractivity contribution is 0.0463. The number of rotatable bonds is 6. The van der Waals surface area contributed by atoms with Gasteiger partial charge < -0.3 is 15.6 Å². The summed E-state index contributed by atoms with van der Waals surface area (Å²) >= 11 is 0. The highest BCUT2D eigenvalue weighted by Gasteiger charge is 2.32. The largest absolute Gasteiger partial charge is 0.487 e. The van der Waals surface area contributed by atoms with Gasteiger partial charge in [-0.2, -0.15) is 0 Å². The molecule has 0 aromatic heterocycles. The second kappa shape index (κ2) is 8.68. The lowest BCUT2D eigenvalue weighted by atomic mass is 9.84. The third kappa shape index (κ3) is 4.29. The molecule has 0 amide bonds. The van der Waals surface area contributed by atoms with Crippen molar-refractivity contribution in [1.82, 2.24) is 4.90 Å². The molecule has 29 heavy (non-hydrogen) atoms. The highest BCUT2D eigenvalue weighted by atomic mass is 16.5. The Morgan fingerprint density at radius 2 is 1.62 bits per heavy atom. The topological polar surface area (TPSA) is 58.7 Å². The molecule has 3 N–H and O–H groups in total. The molecule has 0 heterocycles. The Labute approximate surface area is 172 Å². The highest BCUT2D eigenvalue weighted by molar-refractivity contribution is 5.62. The van der Waals surface area contributed by atoms with Gasteiger partial charge in [0, 0.05) is 12.6 Å². The van der Waals surface area contributed by atoms with Crippen molar-refractivity contribution in [2.45, 2.75) is 38.1 Å². The predicted molar refractivity (Wildman–Crippen MR) is 117 cm³/mol. The van der Waals surface area contributed by atoms with E-state index in [0.717, 1.165) is 36.1 Å². The van der Waals surface area contributed by atoms with Crippen molar-refractivity contribution < 1.29 is 9.84 Å². The van der Waals surface area contributed by atoms with E-state index in [1.807, 2.05) is 60.7 Å². The molecule has 150 valence electrons. The normalized spacial score (nSPS) is 18.4. The SMILES string of the molecule is CN(Cc1ccccc1)[C@H]1CCc2c(ccc(OCc3ccccc3)c2N)[C@@H]1O. The zero-order valence-corrected chi connectivity index (χ0v) is 16.8. The van der Waals surface area contributed by atoms with E-state index in [1.165, 1.54) is 5.56 Å². The Balaban J connectivity index is 1.48. The van der Waals surface area contributed by atoms with Crippen LogP contribution in [0.25, 0.3) is 0 Å². The van der Waals surface area contributed by atoms with Gasteiger partial charge in [0.15, 0.2) is 0 Å². The molecule has 4 nitrogen and oxygen atoms in total. The van der Waals surface area contributed by atoms with E-state index >= 15 is 0 Å². The van der Waals surface area contributed by atoms with Crippen LogP contribution in [0, 0.1) is 0 Å². The molecule has 0 bridgehead atoms. The van der Waals surface area contributed by atoms with Crippen molar-refractivity contribution in [3.05, 3.63) is 95.1 Å². The van der Waals surface area contributed by atoms with E-state index in [-0.39, 0.29) is 6.04 Å². The fraction of sp³-hybridized carbons (Fsp3) is 0.280. The van der Waals surface area contributed by atoms with Gasteiger partial charge >= 0.3 is 0 Å². The van der Waals surface area contributed by atoms with Gasteiger partial charge in [-0.3, -0.25) is 4.90 Å². The summed E-state index contributed by atoms with van der Waals surface area (Å²) in [6, 6.07) is 24.3. The second-order valence-electron chi connectivity index (χ2n) is 7.77. The fourth-order valence-corrected chi connectivity index (χ4v) is 4.18. The summed E-state index contributed by atoms with van der Waals surface area (Å²) in [5.41, 5.74) is 11.4. The van der Waals surface area contributed by atoms with Gasteiger partial charge in [0.1, 0.15) is 12.4 Å². The molecule has 4 rings (SSSR count). The first-order valence-electron chi connectivity index (χ1n) is 10.1. The molecule has 0 spiro atoms. The number of likely N-dealkylation sites (N-methyl/N-ethyl adjacent to an activating group) is 1. The molecule has 3 aromatic carbocycles. The third-order valence-corrected chi connectivity index (χ3v) is 5.80. The van der Waals surface area contributed by atoms with Crippen LogP contribution in [0.15, 0.2) is 72.8 Å². The number of nitrogens with two attached hydrogens (primary N) is 1. The van der Waals surface area contributed by atoms with Crippen LogP contribution in [0.5, 0.6) is 5.75 Å². The number of hydrogen-bond acceptors (Lipinski definition) is 4. The van der Waals surface area contributed by atoms with E-state index in [9.17, 15) is 5.11 Å². The zero-order chi connectivity index (χ0) is 20.2. The van der Waals surface area contributed by atoms with Crippen molar-refractivity contribution >= 4 is 5.69 Å². The van der Waals surface area contributed by atoms with E-state index in [2.05, 4.69) is 24.1 Å². The maximum absolute atomic E-state index is 11.1. The summed E-state index contributed by atoms with van der Waals surface area (Å²) < 4.78 is 5.96. The lowest BCUT2D eigenvalue weighted by Gasteiger charge is -2.37. The monoisotopic (exact) mass is 388 g/mol. The Morgan fingerprint density at radius 1 is 0.966 bits per heavy atom. The maximum Gasteiger partial charge on any atom is 0.142 e. The van der Waals surface area contributed by atoms with E-state index < -0.39 is 6.10 Å². The van der Waals surface area contributed by atoms with Crippen LogP contribution in [0.2, 0.25) is 0 Å². The molecule has 0 fully saturated rings. The average Bonchev–Trinajstić information content (AvgIpc) is 2.75. The summed E-state index contributed by atoms with van der Waals surface area (Å²) in [5.74, 6) is 0.691. The predicted octanol–water partition coefficient (Wildman–Crippen LogP) is 4.33. The number of nitrogens with zero attached hydrogens (tertiary/aromatic N) is 1. The van der Waals surface area contributed by atoms with Crippen LogP contribution >= 0.6 is 0 Å². The van der Waals surface area contributed by atoms with Gasteiger partial charge in [0.25, 0.3) is 0 Å². The van der Waals surface area contributed by atoms with E-state index in [1.54, 1.807) is 0 Å². The van der Waals surface area contributed by atoms with Gasteiger partial charge in [0.2, 0.25) is 0 Å². The van der Waals surface area contributed by atoms with Gasteiger partial charge in [-0.25, -0.2) is 0 Å². The van der Waals surface area contributed by atoms with Gasteiger partial charge in [0.05, 0.1) is 11.8 Å². The zero-order valence-electron chi connectivity index (χ0n) is 16.8. The molecular formula is C25H28N2O2. The van der Waals surface area contributed by atoms with Crippen LogP contribution in [0.4, 0.5) is 5.69 Å². The lowest BCUT2D eigenvalue weighted by Crippen LogP contribution is -2.39. The summed E-state index contributed by atoms with van der Waals surface area (Å²) in [6.45, 7) is 1.29. The van der Waals surface area contributed by atoms with Crippen LogP contribution in [-0.2, 0) is 19.6 Å². The highest BCUT2D eigenvalue weighted by Crippen LogP contribution is 2.39. The Bertz CT molecular complexity index is 944. The molecular weight excluding hydrogens is 360 g/mol. The molecule has 0 unspecified atom stereocenters. The summed E-state index contributed by atoms with van der Waals surface area (Å²) in [6.07, 6.45) is 1.15. The third-order valence-electron chi connectivity index (χ3n) is 5.80. The number of nitrogen functional groups attached to an aromatic ring is 1. The van der Waals surface area contributed by atoms with Gasteiger partial charge in [-0.15, -0.1) is 0 Å². The Kier molecular flexibility index (Phi) is 5.84. The molecule has 0 radical (unpaired) electrons. The number of ether oxygens (including phenoxy) is 1. The molecule has 1 aliphatic carbocycles. The van der Waals surface area contributed by atoms with Crippen molar-refractivity contribution in [3.63, 3.8) is 0 Å². The average molecular weight is 389 g/mol. The first-order valence-corrected chi connectivity index (χ1v) is 10.1. The van der Waals surface area contributed by atoms with Gasteiger partial charge in [-0.05, 0) is 48.2 Å². The van der Waals surface area contributed by atoms with E-state index in [0.29, 0.717) is 18.0 Å². The second-order valence-corrected chi connectivity index (χ2v) is 7.77. The molecule has 3 aromatic rings. The number of anilines is 1. The minimum atomic E-state index is -0.557. The molecule has 1 aliphatic rings. The van der Waals surface area contributed by atoms with Crippen LogP contribution in [-0.4, -0.2) is 23.1 Å². The van der Waals surface area contributed by atoms with E-state index in [4.69, 9.17) is 10.5 Å². The van der Waals surface area contributed by atoms with Gasteiger partial charge in [-0.1, -0.05) is 66.7 Å². The van der Waals surface area contributed by atoms with Crippen molar-refractivity contribution in [2.24, 2.45) is 0 Å². The smallest absolute Gasteiger partial charge is 0.142 e.